The van der Waals surface area contributed by atoms with E-state index < -0.39 is 0 Å². The number of hydrogen-bond acceptors (Lipinski definition) is 5. The highest BCUT2D eigenvalue weighted by molar-refractivity contribution is 7.99. The van der Waals surface area contributed by atoms with E-state index in [0.717, 1.165) is 17.7 Å². The predicted octanol–water partition coefficient (Wildman–Crippen LogP) is 6.20. The third kappa shape index (κ3) is 5.16. The quantitative estimate of drug-likeness (QED) is 0.472. The highest BCUT2D eigenvalue weighted by Crippen LogP contribution is 2.39. The van der Waals surface area contributed by atoms with Crippen molar-refractivity contribution in [2.24, 2.45) is 0 Å². The summed E-state index contributed by atoms with van der Waals surface area (Å²) in [6, 6.07) is 24.1. The summed E-state index contributed by atoms with van der Waals surface area (Å²) in [5.41, 5.74) is 2.18. The average Bonchev–Trinajstić information content (AvgIpc) is 2.78. The van der Waals surface area contributed by atoms with Gasteiger partial charge in [0.25, 0.3) is 0 Å². The summed E-state index contributed by atoms with van der Waals surface area (Å²) in [5.74, 6) is 1.87. The van der Waals surface area contributed by atoms with Gasteiger partial charge in [0.1, 0.15) is 5.75 Å². The fraction of sp³-hybridized carbons (Fsp3) is 0.240. The molecule has 0 aromatic heterocycles. The Balaban J connectivity index is 1.63. The number of thioether (sulfide) groups is 1. The molecule has 0 aliphatic carbocycles. The molecule has 30 heavy (non-hydrogen) atoms. The van der Waals surface area contributed by atoms with E-state index >= 15 is 0 Å². The molecule has 2 aliphatic heterocycles. The van der Waals surface area contributed by atoms with Crippen molar-refractivity contribution in [1.82, 2.24) is 0 Å². The molecule has 5 heteroatoms. The maximum Gasteiger partial charge on any atom is 0.306 e. The smallest absolute Gasteiger partial charge is 0.306 e. The summed E-state index contributed by atoms with van der Waals surface area (Å²) in [6.07, 6.45) is 1.68. The second kappa shape index (κ2) is 9.72. The Hall–Kier alpha value is -2.92. The van der Waals surface area contributed by atoms with Crippen LogP contribution < -0.4 is 9.47 Å². The van der Waals surface area contributed by atoms with Gasteiger partial charge in [0.15, 0.2) is 11.5 Å². The van der Waals surface area contributed by atoms with Crippen molar-refractivity contribution < 1.29 is 19.0 Å². The van der Waals surface area contributed by atoms with E-state index in [-0.39, 0.29) is 11.2 Å². The fourth-order valence-corrected chi connectivity index (χ4v) is 4.54. The van der Waals surface area contributed by atoms with Crippen LogP contribution >= 0.6 is 11.8 Å². The normalized spacial score (nSPS) is 16.7. The minimum Gasteiger partial charge on any atom is -0.493 e. The van der Waals surface area contributed by atoms with Gasteiger partial charge >= 0.3 is 5.97 Å². The van der Waals surface area contributed by atoms with Crippen LogP contribution in [0.3, 0.4) is 0 Å². The molecule has 0 N–H and O–H groups in total. The molecule has 0 saturated carbocycles. The Morgan fingerprint density at radius 2 is 1.77 bits per heavy atom. The van der Waals surface area contributed by atoms with Crippen LogP contribution in [-0.4, -0.2) is 19.7 Å². The number of esters is 1. The number of aryl methyl sites for hydroxylation is 1. The average molecular weight is 421 g/mol. The predicted molar refractivity (Wildman–Crippen MR) is 118 cm³/mol. The minimum absolute atomic E-state index is 0.176. The third-order valence-corrected chi connectivity index (χ3v) is 6.33. The molecule has 4 bridgehead atoms. The van der Waals surface area contributed by atoms with E-state index in [0.29, 0.717) is 30.9 Å². The van der Waals surface area contributed by atoms with Crippen molar-refractivity contribution in [1.29, 1.82) is 0 Å². The molecule has 3 aromatic carbocycles. The van der Waals surface area contributed by atoms with Gasteiger partial charge in [-0.25, -0.2) is 0 Å². The van der Waals surface area contributed by atoms with Crippen molar-refractivity contribution in [3.8, 4) is 17.2 Å². The molecular weight excluding hydrogens is 396 g/mol. The largest absolute Gasteiger partial charge is 0.493 e. The molecular formula is C25H24O4S. The van der Waals surface area contributed by atoms with E-state index in [4.69, 9.17) is 14.2 Å². The first kappa shape index (κ1) is 20.4. The Kier molecular flexibility index (Phi) is 6.60. The van der Waals surface area contributed by atoms with Gasteiger partial charge in [-0.15, -0.1) is 11.8 Å². The summed E-state index contributed by atoms with van der Waals surface area (Å²) in [6.45, 7) is 0.398. The van der Waals surface area contributed by atoms with Gasteiger partial charge in [-0.1, -0.05) is 36.4 Å². The lowest BCUT2D eigenvalue weighted by Gasteiger charge is -2.18. The zero-order valence-corrected chi connectivity index (χ0v) is 17.7. The molecule has 1 unspecified atom stereocenters. The van der Waals surface area contributed by atoms with Crippen molar-refractivity contribution >= 4 is 17.7 Å². The van der Waals surface area contributed by atoms with E-state index in [1.807, 2.05) is 48.5 Å². The maximum absolute atomic E-state index is 12.2. The molecule has 0 fully saturated rings. The summed E-state index contributed by atoms with van der Waals surface area (Å²) >= 11 is 1.78. The maximum atomic E-state index is 12.2. The number of hydrogen-bond donors (Lipinski definition) is 0. The van der Waals surface area contributed by atoms with Crippen LogP contribution in [0.1, 0.15) is 29.2 Å². The van der Waals surface area contributed by atoms with Crippen LogP contribution in [0.4, 0.5) is 0 Å². The van der Waals surface area contributed by atoms with E-state index in [9.17, 15) is 4.79 Å². The molecule has 5 rings (SSSR count). The number of benzene rings is 3. The van der Waals surface area contributed by atoms with Gasteiger partial charge in [0.2, 0.25) is 0 Å². The number of rotatable bonds is 3. The molecule has 4 nitrogen and oxygen atoms in total. The zero-order valence-electron chi connectivity index (χ0n) is 16.9. The highest BCUT2D eigenvalue weighted by Gasteiger charge is 2.16. The van der Waals surface area contributed by atoms with E-state index in [2.05, 4.69) is 24.3 Å². The van der Waals surface area contributed by atoms with Crippen molar-refractivity contribution in [3.05, 3.63) is 83.9 Å². The SMILES string of the molecule is COc1ccc2cc1Oc1ccc(cc1)C(Sc1ccccc1)CCOC(=O)CC2. The Morgan fingerprint density at radius 1 is 0.967 bits per heavy atom. The van der Waals surface area contributed by atoms with Gasteiger partial charge in [-0.2, -0.15) is 0 Å². The van der Waals surface area contributed by atoms with Crippen LogP contribution in [0.2, 0.25) is 0 Å². The lowest BCUT2D eigenvalue weighted by molar-refractivity contribution is -0.143. The zero-order chi connectivity index (χ0) is 20.8. The summed E-state index contributed by atoms with van der Waals surface area (Å²) in [7, 11) is 1.62. The molecule has 0 radical (unpaired) electrons. The van der Waals surface area contributed by atoms with Gasteiger partial charge in [0, 0.05) is 16.6 Å². The molecule has 0 spiro atoms. The van der Waals surface area contributed by atoms with Crippen LogP contribution in [0.25, 0.3) is 0 Å². The van der Waals surface area contributed by atoms with Gasteiger partial charge in [0.05, 0.1) is 13.7 Å². The fourth-order valence-electron chi connectivity index (χ4n) is 3.39. The van der Waals surface area contributed by atoms with E-state index in [1.54, 1.807) is 18.9 Å². The van der Waals surface area contributed by atoms with E-state index in [1.165, 1.54) is 10.5 Å². The molecule has 0 amide bonds. The minimum atomic E-state index is -0.179. The van der Waals surface area contributed by atoms with Crippen molar-refractivity contribution in [3.63, 3.8) is 0 Å². The van der Waals surface area contributed by atoms with Crippen LogP contribution in [0.15, 0.2) is 77.7 Å². The molecule has 154 valence electrons. The summed E-state index contributed by atoms with van der Waals surface area (Å²) < 4.78 is 17.1. The molecule has 3 aromatic rings. The summed E-state index contributed by atoms with van der Waals surface area (Å²) in [4.78, 5) is 13.4. The Labute approximate surface area is 181 Å². The number of carbonyl (C=O) groups is 1. The standard InChI is InChI=1S/C25H24O4S/c1-27-22-13-7-18-8-14-25(26)28-16-15-24(30-21-5-3-2-4-6-21)19-9-11-20(12-10-19)29-23(22)17-18/h2-7,9-13,17,24H,8,14-16H2,1H3. The monoisotopic (exact) mass is 420 g/mol. The molecule has 1 atom stereocenters. The number of ether oxygens (including phenoxy) is 3. The second-order valence-electron chi connectivity index (χ2n) is 7.09. The first-order chi connectivity index (χ1) is 14.7. The molecule has 0 saturated heterocycles. The van der Waals surface area contributed by atoms with Gasteiger partial charge in [-0.3, -0.25) is 4.79 Å². The van der Waals surface area contributed by atoms with Gasteiger partial charge in [-0.05, 0) is 60.4 Å². The highest BCUT2D eigenvalue weighted by atomic mass is 32.2. The van der Waals surface area contributed by atoms with Gasteiger partial charge < -0.3 is 14.2 Å². The van der Waals surface area contributed by atoms with Crippen LogP contribution in [0, 0.1) is 0 Å². The summed E-state index contributed by atoms with van der Waals surface area (Å²) in [5, 5.41) is 0.176. The second-order valence-corrected chi connectivity index (χ2v) is 8.36. The number of fused-ring (bicyclic) bond motifs is 8. The number of methoxy groups -OCH3 is 1. The first-order valence-corrected chi connectivity index (χ1v) is 10.9. The lowest BCUT2D eigenvalue weighted by Crippen LogP contribution is -2.09. The van der Waals surface area contributed by atoms with Crippen LogP contribution in [0.5, 0.6) is 17.2 Å². The van der Waals surface area contributed by atoms with Crippen LogP contribution in [-0.2, 0) is 16.0 Å². The lowest BCUT2D eigenvalue weighted by atomic mass is 10.1. The number of carbonyl (C=O) groups excluding carboxylic acids is 1. The molecule has 2 aliphatic rings. The van der Waals surface area contributed by atoms with Crippen molar-refractivity contribution in [2.75, 3.05) is 13.7 Å². The topological polar surface area (TPSA) is 44.8 Å². The van der Waals surface area contributed by atoms with Crippen molar-refractivity contribution in [2.45, 2.75) is 29.4 Å². The first-order valence-electron chi connectivity index (χ1n) is 10.0. The molecule has 2 heterocycles. The third-order valence-electron chi connectivity index (χ3n) is 4.99. The Morgan fingerprint density at radius 3 is 2.53 bits per heavy atom. The Bertz CT molecular complexity index is 986.